The van der Waals surface area contributed by atoms with Gasteiger partial charge in [0.1, 0.15) is 0 Å². The monoisotopic (exact) mass is 310 g/mol. The first-order chi connectivity index (χ1) is 9.40. The zero-order valence-corrected chi connectivity index (χ0v) is 16.0. The topological polar surface area (TPSA) is 29.5 Å². The first kappa shape index (κ1) is 17.2. The summed E-state index contributed by atoms with van der Waals surface area (Å²) in [7, 11) is -1.77. The summed E-state index contributed by atoms with van der Waals surface area (Å²) in [4.78, 5) is 0. The number of allylic oxidation sites excluding steroid dienone is 2. The fourth-order valence-corrected chi connectivity index (χ4v) is 5.41. The van der Waals surface area contributed by atoms with Crippen molar-refractivity contribution < 1.29 is 9.53 Å². The molecule has 122 valence electrons. The molecule has 0 aromatic rings. The van der Waals surface area contributed by atoms with Crippen LogP contribution in [-0.4, -0.2) is 25.1 Å². The van der Waals surface area contributed by atoms with Gasteiger partial charge in [-0.3, -0.25) is 0 Å². The summed E-state index contributed by atoms with van der Waals surface area (Å²) in [6, 6.07) is 0. The summed E-state index contributed by atoms with van der Waals surface area (Å²) in [5.74, 6) is 0.318. The molecule has 2 nitrogen and oxygen atoms in total. The molecule has 0 bridgehead atoms. The Morgan fingerprint density at radius 2 is 1.81 bits per heavy atom. The lowest BCUT2D eigenvalue weighted by atomic mass is 9.55. The number of rotatable bonds is 2. The Labute approximate surface area is 132 Å². The Morgan fingerprint density at radius 1 is 1.19 bits per heavy atom. The van der Waals surface area contributed by atoms with Crippen molar-refractivity contribution >= 4 is 8.32 Å². The molecule has 0 aliphatic heterocycles. The highest BCUT2D eigenvalue weighted by atomic mass is 28.4. The van der Waals surface area contributed by atoms with E-state index in [-0.39, 0.29) is 16.6 Å². The molecule has 0 radical (unpaired) electrons. The molecule has 2 aliphatic carbocycles. The van der Waals surface area contributed by atoms with Gasteiger partial charge in [-0.05, 0) is 56.7 Å². The van der Waals surface area contributed by atoms with Gasteiger partial charge in [0, 0.05) is 5.41 Å². The van der Waals surface area contributed by atoms with Gasteiger partial charge in [0.15, 0.2) is 8.32 Å². The van der Waals surface area contributed by atoms with E-state index in [0.29, 0.717) is 5.92 Å². The first-order valence-corrected chi connectivity index (χ1v) is 11.4. The van der Waals surface area contributed by atoms with Crippen LogP contribution in [0, 0.1) is 11.3 Å². The largest absolute Gasteiger partial charge is 0.413 e. The maximum absolute atomic E-state index is 10.8. The lowest BCUT2D eigenvalue weighted by Crippen LogP contribution is -2.59. The van der Waals surface area contributed by atoms with E-state index >= 15 is 0 Å². The molecule has 0 aromatic heterocycles. The summed E-state index contributed by atoms with van der Waals surface area (Å²) in [5, 5.41) is 11.1. The normalized spacial score (nSPS) is 41.0. The molecule has 1 fully saturated rings. The molecule has 0 heterocycles. The number of hydrogen-bond donors (Lipinski definition) is 1. The molecular weight excluding hydrogens is 276 g/mol. The molecule has 0 spiro atoms. The van der Waals surface area contributed by atoms with E-state index in [9.17, 15) is 5.11 Å². The van der Waals surface area contributed by atoms with Gasteiger partial charge >= 0.3 is 0 Å². The molecule has 4 atom stereocenters. The second kappa shape index (κ2) is 5.21. The zero-order chi connectivity index (χ0) is 16.1. The van der Waals surface area contributed by atoms with Gasteiger partial charge in [-0.25, -0.2) is 0 Å². The molecular formula is C18H34O2Si. The summed E-state index contributed by atoms with van der Waals surface area (Å²) >= 11 is 0. The average Bonchev–Trinajstić information content (AvgIpc) is 2.32. The Hall–Kier alpha value is -0.123. The fraction of sp³-hybridized carbons (Fsp3) is 0.889. The molecule has 1 saturated carbocycles. The minimum atomic E-state index is -1.77. The van der Waals surface area contributed by atoms with Crippen LogP contribution in [0.1, 0.15) is 60.3 Å². The van der Waals surface area contributed by atoms with Crippen LogP contribution in [0.15, 0.2) is 12.2 Å². The summed E-state index contributed by atoms with van der Waals surface area (Å²) in [5.41, 5.74) is -0.473. The predicted octanol–water partition coefficient (Wildman–Crippen LogP) is 4.89. The minimum absolute atomic E-state index is 0.0754. The van der Waals surface area contributed by atoms with Crippen LogP contribution < -0.4 is 0 Å². The van der Waals surface area contributed by atoms with Gasteiger partial charge in [0.25, 0.3) is 0 Å². The third-order valence-corrected chi connectivity index (χ3v) is 11.0. The molecule has 0 aromatic carbocycles. The van der Waals surface area contributed by atoms with Crippen LogP contribution in [0.4, 0.5) is 0 Å². The molecule has 0 amide bonds. The molecule has 21 heavy (non-hydrogen) atoms. The van der Waals surface area contributed by atoms with Crippen molar-refractivity contribution in [1.82, 2.24) is 0 Å². The van der Waals surface area contributed by atoms with Gasteiger partial charge in [-0.15, -0.1) is 0 Å². The van der Waals surface area contributed by atoms with Crippen molar-refractivity contribution in [2.45, 2.75) is 90.1 Å². The third kappa shape index (κ3) is 3.02. The molecule has 2 aliphatic rings. The number of hydrogen-bond acceptors (Lipinski definition) is 2. The highest BCUT2D eigenvalue weighted by Gasteiger charge is 2.55. The first-order valence-electron chi connectivity index (χ1n) is 8.45. The molecule has 2 rings (SSSR count). The fourth-order valence-electron chi connectivity index (χ4n) is 3.95. The zero-order valence-electron chi connectivity index (χ0n) is 15.0. The lowest BCUT2D eigenvalue weighted by Gasteiger charge is -2.57. The van der Waals surface area contributed by atoms with Crippen molar-refractivity contribution in [3.63, 3.8) is 0 Å². The quantitative estimate of drug-likeness (QED) is 0.581. The molecule has 0 saturated heterocycles. The maximum Gasteiger partial charge on any atom is 0.192 e. The van der Waals surface area contributed by atoms with Crippen LogP contribution in [-0.2, 0) is 4.43 Å². The Kier molecular flexibility index (Phi) is 4.27. The van der Waals surface area contributed by atoms with Crippen molar-refractivity contribution in [2.24, 2.45) is 11.3 Å². The van der Waals surface area contributed by atoms with Gasteiger partial charge in [0.05, 0.1) is 11.7 Å². The molecule has 1 N–H and O–H groups in total. The van der Waals surface area contributed by atoms with E-state index in [4.69, 9.17) is 4.43 Å². The summed E-state index contributed by atoms with van der Waals surface area (Å²) < 4.78 is 6.80. The number of aliphatic hydroxyl groups is 1. The van der Waals surface area contributed by atoms with E-state index in [1.54, 1.807) is 0 Å². The Balaban J connectivity index is 2.27. The van der Waals surface area contributed by atoms with E-state index < -0.39 is 13.9 Å². The van der Waals surface area contributed by atoms with Crippen LogP contribution in [0.25, 0.3) is 0 Å². The standard InChI is InChI=1S/C18H34O2Si/c1-16(2,3)21(6,7)20-15-11-13-18(5,19)14-10-8-9-12-17(14,15)4/h8-9,14-15,19H,10-13H2,1-7H3/t14-,15-,17-,18+/m0/s1. The van der Waals surface area contributed by atoms with Gasteiger partial charge < -0.3 is 9.53 Å². The van der Waals surface area contributed by atoms with Crippen molar-refractivity contribution in [3.8, 4) is 0 Å². The maximum atomic E-state index is 10.8. The smallest absolute Gasteiger partial charge is 0.192 e. The highest BCUT2D eigenvalue weighted by molar-refractivity contribution is 6.74. The number of fused-ring (bicyclic) bond motifs is 1. The minimum Gasteiger partial charge on any atom is -0.413 e. The van der Waals surface area contributed by atoms with Crippen LogP contribution in [0.3, 0.4) is 0 Å². The second-order valence-electron chi connectivity index (χ2n) is 9.23. The summed E-state index contributed by atoms with van der Waals surface area (Å²) in [6.07, 6.45) is 8.69. The van der Waals surface area contributed by atoms with Crippen molar-refractivity contribution in [1.29, 1.82) is 0 Å². The molecule has 3 heteroatoms. The second-order valence-corrected chi connectivity index (χ2v) is 14.0. The van der Waals surface area contributed by atoms with E-state index in [1.165, 1.54) is 0 Å². The average molecular weight is 311 g/mol. The predicted molar refractivity (Wildman–Crippen MR) is 91.9 cm³/mol. The van der Waals surface area contributed by atoms with E-state index in [2.05, 4.69) is 52.9 Å². The van der Waals surface area contributed by atoms with E-state index in [1.807, 2.05) is 6.92 Å². The van der Waals surface area contributed by atoms with Crippen molar-refractivity contribution in [3.05, 3.63) is 12.2 Å². The lowest BCUT2D eigenvalue weighted by molar-refractivity contribution is -0.146. The SMILES string of the molecule is CC(C)(C)[Si](C)(C)O[C@H]1CC[C@@](C)(O)[C@H]2CC=CC[C@]12C. The van der Waals surface area contributed by atoms with Gasteiger partial charge in [0.2, 0.25) is 0 Å². The Bertz CT molecular complexity index is 419. The van der Waals surface area contributed by atoms with Crippen LogP contribution >= 0.6 is 0 Å². The van der Waals surface area contributed by atoms with Crippen molar-refractivity contribution in [2.75, 3.05) is 0 Å². The Morgan fingerprint density at radius 3 is 2.38 bits per heavy atom. The third-order valence-electron chi connectivity index (χ3n) is 6.53. The van der Waals surface area contributed by atoms with E-state index in [0.717, 1.165) is 25.7 Å². The highest BCUT2D eigenvalue weighted by Crippen LogP contribution is 2.54. The summed E-state index contributed by atoms with van der Waals surface area (Å²) in [6.45, 7) is 16.0. The van der Waals surface area contributed by atoms with Gasteiger partial charge in [-0.2, -0.15) is 0 Å². The van der Waals surface area contributed by atoms with Crippen LogP contribution in [0.5, 0.6) is 0 Å². The molecule has 0 unspecified atom stereocenters. The van der Waals surface area contributed by atoms with Gasteiger partial charge in [-0.1, -0.05) is 39.8 Å². The van der Waals surface area contributed by atoms with Crippen LogP contribution in [0.2, 0.25) is 18.1 Å².